The highest BCUT2D eigenvalue weighted by atomic mass is 32.2. The van der Waals surface area contributed by atoms with E-state index in [2.05, 4.69) is 6.07 Å². The number of imide groups is 1. The van der Waals surface area contributed by atoms with Gasteiger partial charge in [-0.3, -0.25) is 9.59 Å². The van der Waals surface area contributed by atoms with Crippen molar-refractivity contribution < 1.29 is 24.2 Å². The molecule has 1 saturated heterocycles. The van der Waals surface area contributed by atoms with Crippen molar-refractivity contribution in [2.75, 3.05) is 10.7 Å². The van der Waals surface area contributed by atoms with Crippen LogP contribution in [-0.4, -0.2) is 33.8 Å². The minimum atomic E-state index is -0.640. The van der Waals surface area contributed by atoms with Crippen LogP contribution in [0, 0.1) is 0 Å². The molecule has 0 radical (unpaired) electrons. The van der Waals surface area contributed by atoms with Crippen molar-refractivity contribution in [2.45, 2.75) is 35.9 Å². The molecular weight excluding hydrogens is 569 g/mol. The molecule has 0 saturated carbocycles. The van der Waals surface area contributed by atoms with Gasteiger partial charge in [-0.1, -0.05) is 72.4 Å². The normalized spacial score (nSPS) is 20.3. The Morgan fingerprint density at radius 2 is 1.50 bits per heavy atom. The van der Waals surface area contributed by atoms with Crippen LogP contribution in [-0.2, 0) is 16.1 Å². The number of aromatic nitrogens is 1. The third-order valence-corrected chi connectivity index (χ3v) is 9.81. The molecule has 42 heavy (non-hydrogen) atoms. The smallest absolute Gasteiger partial charge is 0.266 e. The lowest BCUT2D eigenvalue weighted by atomic mass is 10.0. The van der Waals surface area contributed by atoms with Gasteiger partial charge in [0.05, 0.1) is 45.8 Å². The zero-order valence-electron chi connectivity index (χ0n) is 22.4. The van der Waals surface area contributed by atoms with Crippen LogP contribution in [0.25, 0.3) is 10.2 Å². The number of benzene rings is 4. The fourth-order valence-electron chi connectivity index (χ4n) is 5.30. The largest absolute Gasteiger partial charge is 0.392 e. The first-order valence-electron chi connectivity index (χ1n) is 13.6. The molecule has 210 valence electrons. The average molecular weight is 595 g/mol. The molecule has 0 aliphatic carbocycles. The Labute approximate surface area is 250 Å². The van der Waals surface area contributed by atoms with Crippen LogP contribution in [0.5, 0.6) is 0 Å². The van der Waals surface area contributed by atoms with Crippen LogP contribution in [0.2, 0.25) is 0 Å². The minimum absolute atomic E-state index is 0.0155. The number of anilines is 1. The van der Waals surface area contributed by atoms with Crippen molar-refractivity contribution in [3.8, 4) is 0 Å². The molecule has 1 N–H and O–H groups in total. The van der Waals surface area contributed by atoms with E-state index in [0.29, 0.717) is 29.0 Å². The number of hydrogen-bond donors (Lipinski definition) is 1. The van der Waals surface area contributed by atoms with E-state index in [1.54, 1.807) is 59.5 Å². The quantitative estimate of drug-likeness (QED) is 0.162. The molecule has 1 aromatic heterocycles. The number of hydrogen-bond acceptors (Lipinski definition) is 8. The van der Waals surface area contributed by atoms with Gasteiger partial charge in [0, 0.05) is 17.7 Å². The summed E-state index contributed by atoms with van der Waals surface area (Å²) in [6.07, 6.45) is -0.300. The molecule has 4 aromatic carbocycles. The van der Waals surface area contributed by atoms with Gasteiger partial charge in [-0.25, -0.2) is 9.88 Å². The fourth-order valence-corrected chi connectivity index (χ4v) is 7.42. The summed E-state index contributed by atoms with van der Waals surface area (Å²) in [4.78, 5) is 31.9. The molecule has 3 heterocycles. The lowest BCUT2D eigenvalue weighted by Gasteiger charge is -2.36. The van der Waals surface area contributed by atoms with Gasteiger partial charge in [0.15, 0.2) is 10.6 Å². The van der Waals surface area contributed by atoms with Crippen molar-refractivity contribution in [3.63, 3.8) is 0 Å². The molecular formula is C33H26N2O5S2. The zero-order chi connectivity index (χ0) is 28.6. The fraction of sp³-hybridized carbons (Fsp3) is 0.182. The Morgan fingerprint density at radius 1 is 0.833 bits per heavy atom. The monoisotopic (exact) mass is 594 g/mol. The van der Waals surface area contributed by atoms with E-state index in [1.807, 2.05) is 54.6 Å². The highest BCUT2D eigenvalue weighted by Crippen LogP contribution is 2.41. The van der Waals surface area contributed by atoms with Crippen LogP contribution in [0.3, 0.4) is 0 Å². The zero-order valence-corrected chi connectivity index (χ0v) is 24.0. The van der Waals surface area contributed by atoms with Gasteiger partial charge in [0.25, 0.3) is 11.8 Å². The molecule has 2 aliphatic heterocycles. The molecule has 9 heteroatoms. The number of thioether (sulfide) groups is 1. The van der Waals surface area contributed by atoms with Crippen LogP contribution in [0.15, 0.2) is 101 Å². The lowest BCUT2D eigenvalue weighted by Crippen LogP contribution is -2.31. The van der Waals surface area contributed by atoms with Crippen LogP contribution in [0.1, 0.15) is 56.2 Å². The molecule has 3 atom stereocenters. The van der Waals surface area contributed by atoms with E-state index in [0.717, 1.165) is 31.2 Å². The third-order valence-electron chi connectivity index (χ3n) is 7.50. The Kier molecular flexibility index (Phi) is 7.35. The van der Waals surface area contributed by atoms with Crippen LogP contribution >= 0.6 is 23.1 Å². The topological polar surface area (TPSA) is 89.0 Å². The van der Waals surface area contributed by atoms with Crippen molar-refractivity contribution in [3.05, 3.63) is 125 Å². The van der Waals surface area contributed by atoms with Gasteiger partial charge < -0.3 is 14.6 Å². The summed E-state index contributed by atoms with van der Waals surface area (Å²) in [5.74, 6) is 0.0524. The number of fused-ring (bicyclic) bond motifs is 2. The predicted molar refractivity (Wildman–Crippen MR) is 163 cm³/mol. The summed E-state index contributed by atoms with van der Waals surface area (Å²) in [6.45, 7) is -0.0155. The van der Waals surface area contributed by atoms with Gasteiger partial charge >= 0.3 is 0 Å². The van der Waals surface area contributed by atoms with Gasteiger partial charge in [0.2, 0.25) is 0 Å². The van der Waals surface area contributed by atoms with Crippen molar-refractivity contribution in [1.82, 2.24) is 4.98 Å². The van der Waals surface area contributed by atoms with Gasteiger partial charge in [0.1, 0.15) is 0 Å². The predicted octanol–water partition coefficient (Wildman–Crippen LogP) is 6.93. The second-order valence-corrected chi connectivity index (χ2v) is 12.5. The number of para-hydroxylation sites is 1. The number of aliphatic hydroxyl groups is 1. The van der Waals surface area contributed by atoms with Gasteiger partial charge in [-0.15, -0.1) is 11.3 Å². The second-order valence-electron chi connectivity index (χ2n) is 10.2. The maximum atomic E-state index is 13.0. The number of aliphatic hydroxyl groups excluding tert-OH is 1. The number of carbonyl (C=O) groups is 2. The summed E-state index contributed by atoms with van der Waals surface area (Å²) < 4.78 is 15.1. The van der Waals surface area contributed by atoms with Gasteiger partial charge in [-0.05, 0) is 47.5 Å². The van der Waals surface area contributed by atoms with Crippen molar-refractivity contribution in [2.24, 2.45) is 0 Å². The number of carbonyl (C=O) groups excluding carboxylic acids is 2. The minimum Gasteiger partial charge on any atom is -0.392 e. The Balaban J connectivity index is 1.12. The first-order valence-corrected chi connectivity index (χ1v) is 15.4. The van der Waals surface area contributed by atoms with Crippen LogP contribution < -0.4 is 4.90 Å². The number of amides is 2. The van der Waals surface area contributed by atoms with E-state index in [4.69, 9.17) is 14.5 Å². The molecule has 2 aliphatic rings. The molecule has 0 spiro atoms. The summed E-state index contributed by atoms with van der Waals surface area (Å²) in [7, 11) is 0. The van der Waals surface area contributed by atoms with Gasteiger partial charge in [-0.2, -0.15) is 0 Å². The SMILES string of the molecule is O=C1c2ccccc2C(=O)N1c1ccc(C2OC(CSc3nc4ccccc4s3)CC(c3ccc(CO)cc3)O2)cc1. The maximum Gasteiger partial charge on any atom is 0.266 e. The molecule has 3 unspecified atom stereocenters. The van der Waals surface area contributed by atoms with E-state index >= 15 is 0 Å². The highest BCUT2D eigenvalue weighted by molar-refractivity contribution is 8.01. The maximum absolute atomic E-state index is 13.0. The highest BCUT2D eigenvalue weighted by Gasteiger charge is 2.37. The standard InChI is InChI=1S/C33H26N2O5S2/c36-18-20-9-11-21(12-10-20)28-17-24(19-41-33-34-27-7-3-4-8-29(27)42-33)39-32(40-28)22-13-15-23(16-14-22)35-30(37)25-5-1-2-6-26(25)31(35)38/h1-16,24,28,32,36H,17-19H2. The Bertz CT molecular complexity index is 1700. The molecule has 2 amide bonds. The first-order chi connectivity index (χ1) is 20.6. The van der Waals surface area contributed by atoms with Crippen molar-refractivity contribution in [1.29, 1.82) is 0 Å². The van der Waals surface area contributed by atoms with E-state index in [9.17, 15) is 14.7 Å². The number of thiazole rings is 1. The average Bonchev–Trinajstić information content (AvgIpc) is 3.58. The first kappa shape index (κ1) is 27.0. The Hall–Kier alpha value is -3.86. The summed E-state index contributed by atoms with van der Waals surface area (Å²) >= 11 is 3.35. The Morgan fingerprint density at radius 3 is 2.19 bits per heavy atom. The number of nitrogens with zero attached hydrogens (tertiary/aromatic N) is 2. The summed E-state index contributed by atoms with van der Waals surface area (Å²) in [5, 5.41) is 9.48. The summed E-state index contributed by atoms with van der Waals surface area (Å²) in [6, 6.07) is 30.0. The number of rotatable bonds is 7. The molecule has 7 nitrogen and oxygen atoms in total. The van der Waals surface area contributed by atoms with E-state index in [1.165, 1.54) is 4.90 Å². The molecule has 0 bridgehead atoms. The van der Waals surface area contributed by atoms with E-state index < -0.39 is 6.29 Å². The molecule has 7 rings (SSSR count). The third kappa shape index (κ3) is 5.14. The molecule has 1 fully saturated rings. The van der Waals surface area contributed by atoms with Crippen molar-refractivity contribution >= 4 is 50.8 Å². The summed E-state index contributed by atoms with van der Waals surface area (Å²) in [5.41, 5.74) is 4.97. The van der Waals surface area contributed by atoms with E-state index in [-0.39, 0.29) is 30.6 Å². The number of ether oxygens (including phenoxy) is 2. The lowest BCUT2D eigenvalue weighted by molar-refractivity contribution is -0.245. The second kappa shape index (κ2) is 11.4. The van der Waals surface area contributed by atoms with Crippen LogP contribution in [0.4, 0.5) is 5.69 Å². The molecule has 5 aromatic rings.